The summed E-state index contributed by atoms with van der Waals surface area (Å²) in [6.45, 7) is 4.14. The minimum absolute atomic E-state index is 0.0200. The average molecular weight is 411 g/mol. The molecule has 0 aromatic carbocycles. The van der Waals surface area contributed by atoms with E-state index in [1.165, 1.54) is 22.4 Å². The maximum Gasteiger partial charge on any atom is 0.240 e. The molecule has 1 heterocycles. The second kappa shape index (κ2) is 12.1. The molecule has 0 aliphatic rings. The number of nitrogens with one attached hydrogen (secondary N) is 1. The molecule has 0 radical (unpaired) electrons. The van der Waals surface area contributed by atoms with Crippen LogP contribution < -0.4 is 16.8 Å². The molecule has 0 fully saturated rings. The number of carbonyl (C=O) groups excluding carboxylic acids is 3. The molecule has 10 heteroatoms. The predicted octanol–water partition coefficient (Wildman–Crippen LogP) is 0.759. The SMILES string of the molecule is CCC(CC)C(=O)N(C)CC(=O)N[C@@H](CCCN=C(N)N)C(=O)c1nccs1. The van der Waals surface area contributed by atoms with Crippen LogP contribution in [-0.2, 0) is 9.59 Å². The maximum atomic E-state index is 12.7. The number of carbonyl (C=O) groups is 3. The summed E-state index contributed by atoms with van der Waals surface area (Å²) in [5.74, 6) is -0.852. The van der Waals surface area contributed by atoms with E-state index < -0.39 is 11.9 Å². The number of amides is 2. The number of likely N-dealkylation sites (N-methyl/N-ethyl adjacent to an activating group) is 1. The van der Waals surface area contributed by atoms with Crippen molar-refractivity contribution in [2.45, 2.75) is 45.6 Å². The first kappa shape index (κ1) is 23.5. The molecule has 1 aromatic rings. The Morgan fingerprint density at radius 2 is 1.96 bits per heavy atom. The Morgan fingerprint density at radius 1 is 1.29 bits per heavy atom. The lowest BCUT2D eigenvalue weighted by Crippen LogP contribution is -2.47. The number of guanidine groups is 1. The van der Waals surface area contributed by atoms with Crippen molar-refractivity contribution in [1.82, 2.24) is 15.2 Å². The average Bonchev–Trinajstić information content (AvgIpc) is 3.18. The molecular formula is C18H30N6O3S. The monoisotopic (exact) mass is 410 g/mol. The Hall–Kier alpha value is -2.49. The summed E-state index contributed by atoms with van der Waals surface area (Å²) in [7, 11) is 1.59. The Labute approximate surface area is 169 Å². The van der Waals surface area contributed by atoms with Crippen LogP contribution >= 0.6 is 11.3 Å². The maximum absolute atomic E-state index is 12.7. The first-order chi connectivity index (χ1) is 13.3. The molecule has 9 nitrogen and oxygen atoms in total. The molecule has 2 amide bonds. The van der Waals surface area contributed by atoms with E-state index in [1.807, 2.05) is 13.8 Å². The standard InChI is InChI=1S/C18H30N6O3S/c1-4-12(5-2)17(27)24(3)11-14(25)23-13(7-6-8-22-18(19)20)15(26)16-21-9-10-28-16/h9-10,12-13H,4-8,11H2,1-3H3,(H,23,25)(H4,19,20,22)/t13-/m0/s1. The lowest BCUT2D eigenvalue weighted by Gasteiger charge is -2.23. The third-order valence-electron chi connectivity index (χ3n) is 4.33. The van der Waals surface area contributed by atoms with Gasteiger partial charge in [0.25, 0.3) is 0 Å². The minimum Gasteiger partial charge on any atom is -0.370 e. The fourth-order valence-corrected chi connectivity index (χ4v) is 3.38. The third-order valence-corrected chi connectivity index (χ3v) is 5.12. The van der Waals surface area contributed by atoms with E-state index in [2.05, 4.69) is 15.3 Å². The van der Waals surface area contributed by atoms with E-state index in [1.54, 1.807) is 12.4 Å². The molecule has 156 valence electrons. The van der Waals surface area contributed by atoms with Crippen LogP contribution in [0.1, 0.15) is 49.3 Å². The Balaban J connectivity index is 2.73. The Kier molecular flexibility index (Phi) is 10.1. The van der Waals surface area contributed by atoms with Crippen molar-refractivity contribution in [2.24, 2.45) is 22.4 Å². The number of nitrogens with zero attached hydrogens (tertiary/aromatic N) is 3. The number of ketones is 1. The van der Waals surface area contributed by atoms with Crippen molar-refractivity contribution in [3.8, 4) is 0 Å². The van der Waals surface area contributed by atoms with E-state index in [0.29, 0.717) is 24.4 Å². The molecule has 1 rings (SSSR count). The molecule has 0 unspecified atom stereocenters. The highest BCUT2D eigenvalue weighted by Crippen LogP contribution is 2.13. The van der Waals surface area contributed by atoms with Crippen molar-refractivity contribution in [2.75, 3.05) is 20.1 Å². The fraction of sp³-hybridized carbons (Fsp3) is 0.611. The van der Waals surface area contributed by atoms with Gasteiger partial charge in [-0.05, 0) is 25.7 Å². The van der Waals surface area contributed by atoms with Gasteiger partial charge in [0.05, 0.1) is 12.6 Å². The van der Waals surface area contributed by atoms with Crippen LogP contribution in [-0.4, -0.2) is 59.6 Å². The highest BCUT2D eigenvalue weighted by Gasteiger charge is 2.26. The highest BCUT2D eigenvalue weighted by atomic mass is 32.1. The summed E-state index contributed by atoms with van der Waals surface area (Å²) >= 11 is 1.22. The van der Waals surface area contributed by atoms with Gasteiger partial charge in [0.1, 0.15) is 0 Å². The summed E-state index contributed by atoms with van der Waals surface area (Å²) < 4.78 is 0. The van der Waals surface area contributed by atoms with Gasteiger partial charge < -0.3 is 21.7 Å². The van der Waals surface area contributed by atoms with E-state index >= 15 is 0 Å². The van der Waals surface area contributed by atoms with Gasteiger partial charge >= 0.3 is 0 Å². The largest absolute Gasteiger partial charge is 0.370 e. The van der Waals surface area contributed by atoms with Gasteiger partial charge in [0.15, 0.2) is 11.0 Å². The topological polar surface area (TPSA) is 144 Å². The van der Waals surface area contributed by atoms with Gasteiger partial charge in [-0.25, -0.2) is 4.98 Å². The Morgan fingerprint density at radius 3 is 2.50 bits per heavy atom. The van der Waals surface area contributed by atoms with Gasteiger partial charge in [-0.15, -0.1) is 11.3 Å². The van der Waals surface area contributed by atoms with Crippen molar-refractivity contribution >= 4 is 34.9 Å². The zero-order valence-electron chi connectivity index (χ0n) is 16.7. The van der Waals surface area contributed by atoms with E-state index in [-0.39, 0.29) is 30.1 Å². The van der Waals surface area contributed by atoms with Gasteiger partial charge in [-0.3, -0.25) is 19.4 Å². The molecule has 1 aromatic heterocycles. The highest BCUT2D eigenvalue weighted by molar-refractivity contribution is 7.11. The van der Waals surface area contributed by atoms with E-state index in [4.69, 9.17) is 11.5 Å². The quantitative estimate of drug-likeness (QED) is 0.201. The van der Waals surface area contributed by atoms with Crippen LogP contribution in [0.25, 0.3) is 0 Å². The molecule has 0 aliphatic heterocycles. The molecule has 5 N–H and O–H groups in total. The first-order valence-corrected chi connectivity index (χ1v) is 10.2. The van der Waals surface area contributed by atoms with Crippen molar-refractivity contribution in [3.05, 3.63) is 16.6 Å². The van der Waals surface area contributed by atoms with Crippen LogP contribution in [0.3, 0.4) is 0 Å². The second-order valence-corrected chi connectivity index (χ2v) is 7.37. The van der Waals surface area contributed by atoms with Gasteiger partial charge in [-0.2, -0.15) is 0 Å². The van der Waals surface area contributed by atoms with Gasteiger partial charge in [0.2, 0.25) is 17.6 Å². The molecule has 0 aliphatic carbocycles. The molecule has 0 saturated carbocycles. The summed E-state index contributed by atoms with van der Waals surface area (Å²) in [5.41, 5.74) is 10.6. The lowest BCUT2D eigenvalue weighted by atomic mass is 10.0. The fourth-order valence-electron chi connectivity index (χ4n) is 2.75. The summed E-state index contributed by atoms with van der Waals surface area (Å²) in [6.07, 6.45) is 3.86. The van der Waals surface area contributed by atoms with Crippen LogP contribution in [0.4, 0.5) is 0 Å². The zero-order chi connectivity index (χ0) is 21.1. The number of hydrogen-bond acceptors (Lipinski definition) is 6. The number of aliphatic imine (C=N–C) groups is 1. The number of hydrogen-bond donors (Lipinski definition) is 3. The third kappa shape index (κ3) is 7.63. The van der Waals surface area contributed by atoms with E-state index in [9.17, 15) is 14.4 Å². The summed E-state index contributed by atoms with van der Waals surface area (Å²) in [4.78, 5) is 46.8. The molecule has 28 heavy (non-hydrogen) atoms. The van der Waals surface area contributed by atoms with Crippen molar-refractivity contribution < 1.29 is 14.4 Å². The number of rotatable bonds is 12. The van der Waals surface area contributed by atoms with Gasteiger partial charge in [0, 0.05) is 31.1 Å². The Bertz CT molecular complexity index is 669. The molecular weight excluding hydrogens is 380 g/mol. The number of nitrogens with two attached hydrogens (primary N) is 2. The van der Waals surface area contributed by atoms with Crippen LogP contribution in [0, 0.1) is 5.92 Å². The van der Waals surface area contributed by atoms with Crippen LogP contribution in [0.2, 0.25) is 0 Å². The summed E-state index contributed by atoms with van der Waals surface area (Å²) in [5, 5.41) is 4.76. The predicted molar refractivity (Wildman–Crippen MR) is 110 cm³/mol. The number of aromatic nitrogens is 1. The molecule has 0 saturated heterocycles. The first-order valence-electron chi connectivity index (χ1n) is 9.33. The smallest absolute Gasteiger partial charge is 0.240 e. The van der Waals surface area contributed by atoms with E-state index in [0.717, 1.165) is 12.8 Å². The number of Topliss-reactive ketones (excluding diaryl/α,β-unsaturated/α-hetero) is 1. The lowest BCUT2D eigenvalue weighted by molar-refractivity contribution is -0.138. The van der Waals surface area contributed by atoms with Crippen LogP contribution in [0.15, 0.2) is 16.6 Å². The van der Waals surface area contributed by atoms with Crippen LogP contribution in [0.5, 0.6) is 0 Å². The summed E-state index contributed by atoms with van der Waals surface area (Å²) in [6, 6.07) is -0.746. The molecule has 0 spiro atoms. The molecule has 0 bridgehead atoms. The molecule has 1 atom stereocenters. The number of thiazole rings is 1. The normalized spacial score (nSPS) is 11.7. The second-order valence-electron chi connectivity index (χ2n) is 6.48. The zero-order valence-corrected chi connectivity index (χ0v) is 17.5. The minimum atomic E-state index is -0.746. The van der Waals surface area contributed by atoms with Crippen molar-refractivity contribution in [1.29, 1.82) is 0 Å². The van der Waals surface area contributed by atoms with Crippen molar-refractivity contribution in [3.63, 3.8) is 0 Å². The van der Waals surface area contributed by atoms with Gasteiger partial charge in [-0.1, -0.05) is 13.8 Å².